The van der Waals surface area contributed by atoms with Crippen molar-refractivity contribution < 1.29 is 14.2 Å². The van der Waals surface area contributed by atoms with Gasteiger partial charge in [0.15, 0.2) is 0 Å². The molecule has 0 saturated carbocycles. The Bertz CT molecular complexity index is 1570. The predicted molar refractivity (Wildman–Crippen MR) is 148 cm³/mol. The summed E-state index contributed by atoms with van der Waals surface area (Å²) in [6.07, 6.45) is 4.21. The highest BCUT2D eigenvalue weighted by Gasteiger charge is 2.24. The molecule has 0 bridgehead atoms. The lowest BCUT2D eigenvalue weighted by Crippen LogP contribution is -2.03. The molecule has 0 amide bonds. The molecule has 5 heteroatoms. The Kier molecular flexibility index (Phi) is 6.03. The van der Waals surface area contributed by atoms with E-state index < -0.39 is 0 Å². The van der Waals surface area contributed by atoms with Crippen molar-refractivity contribution in [3.8, 4) is 17.2 Å². The van der Waals surface area contributed by atoms with Crippen molar-refractivity contribution in [3.05, 3.63) is 126 Å². The Balaban J connectivity index is 1.44. The van der Waals surface area contributed by atoms with Crippen LogP contribution in [0.2, 0.25) is 0 Å². The lowest BCUT2D eigenvalue weighted by molar-refractivity contribution is 0.306. The Labute approximate surface area is 215 Å². The molecule has 2 N–H and O–H groups in total. The predicted octanol–water partition coefficient (Wildman–Crippen LogP) is 7.43. The van der Waals surface area contributed by atoms with Crippen molar-refractivity contribution in [1.29, 1.82) is 0 Å². The van der Waals surface area contributed by atoms with Gasteiger partial charge in [0.1, 0.15) is 23.9 Å². The number of hydrogen-bond donors (Lipinski definition) is 2. The van der Waals surface area contributed by atoms with Crippen molar-refractivity contribution in [2.75, 3.05) is 14.2 Å². The van der Waals surface area contributed by atoms with Gasteiger partial charge in [-0.05, 0) is 70.8 Å². The van der Waals surface area contributed by atoms with Crippen LogP contribution in [0.4, 0.5) is 0 Å². The molecule has 184 valence electrons. The second kappa shape index (κ2) is 9.78. The molecule has 4 aromatic carbocycles. The monoisotopic (exact) mass is 488 g/mol. The van der Waals surface area contributed by atoms with Gasteiger partial charge in [-0.1, -0.05) is 42.5 Å². The molecule has 0 atom stereocenters. The maximum atomic E-state index is 6.06. The van der Waals surface area contributed by atoms with E-state index in [4.69, 9.17) is 14.2 Å². The number of aromatic nitrogens is 2. The summed E-state index contributed by atoms with van der Waals surface area (Å²) in [4.78, 5) is 6.91. The molecule has 6 rings (SSSR count). The third-order valence-electron chi connectivity index (χ3n) is 6.93. The smallest absolute Gasteiger partial charge is 0.119 e. The van der Waals surface area contributed by atoms with Gasteiger partial charge in [0.25, 0.3) is 0 Å². The number of methoxy groups -OCH3 is 2. The fraction of sp³-hybridized carbons (Fsp3) is 0.125. The van der Waals surface area contributed by atoms with Crippen LogP contribution < -0.4 is 14.2 Å². The van der Waals surface area contributed by atoms with Crippen LogP contribution in [0, 0.1) is 0 Å². The fourth-order valence-corrected chi connectivity index (χ4v) is 5.00. The fourth-order valence-electron chi connectivity index (χ4n) is 5.00. The molecular formula is C32H28N2O3. The van der Waals surface area contributed by atoms with Gasteiger partial charge in [0.2, 0.25) is 0 Å². The molecule has 0 spiro atoms. The first-order valence-corrected chi connectivity index (χ1v) is 12.3. The van der Waals surface area contributed by atoms with Gasteiger partial charge >= 0.3 is 0 Å². The van der Waals surface area contributed by atoms with E-state index in [1.165, 1.54) is 16.7 Å². The van der Waals surface area contributed by atoms with Crippen LogP contribution in [-0.2, 0) is 6.61 Å². The van der Waals surface area contributed by atoms with E-state index in [1.54, 1.807) is 14.2 Å². The SMILES string of the molecule is COc1ccc2[nH]cc(C(c3ccc(OCc4ccccc4)cc3)c3c[nH]c4ccc(OC)cc34)c2c1. The van der Waals surface area contributed by atoms with Crippen LogP contribution in [-0.4, -0.2) is 24.2 Å². The summed E-state index contributed by atoms with van der Waals surface area (Å²) in [6, 6.07) is 30.9. The zero-order valence-electron chi connectivity index (χ0n) is 20.8. The van der Waals surface area contributed by atoms with E-state index in [2.05, 4.69) is 83.0 Å². The molecule has 6 aromatic rings. The molecule has 0 aliphatic rings. The molecule has 0 aliphatic carbocycles. The zero-order chi connectivity index (χ0) is 25.2. The Morgan fingerprint density at radius 3 is 1.70 bits per heavy atom. The normalized spacial score (nSPS) is 11.3. The van der Waals surface area contributed by atoms with E-state index in [1.807, 2.05) is 30.3 Å². The first-order valence-electron chi connectivity index (χ1n) is 12.3. The highest BCUT2D eigenvalue weighted by molar-refractivity contribution is 5.90. The number of benzene rings is 4. The minimum atomic E-state index is -0.0233. The molecule has 37 heavy (non-hydrogen) atoms. The quantitative estimate of drug-likeness (QED) is 0.234. The molecule has 0 aliphatic heterocycles. The van der Waals surface area contributed by atoms with Gasteiger partial charge in [-0.25, -0.2) is 0 Å². The first-order chi connectivity index (χ1) is 18.2. The lowest BCUT2D eigenvalue weighted by atomic mass is 9.84. The maximum Gasteiger partial charge on any atom is 0.119 e. The van der Waals surface area contributed by atoms with Gasteiger partial charge in [-0.3, -0.25) is 0 Å². The van der Waals surface area contributed by atoms with E-state index in [0.717, 1.165) is 44.6 Å². The van der Waals surface area contributed by atoms with Crippen molar-refractivity contribution in [2.24, 2.45) is 0 Å². The molecule has 0 saturated heterocycles. The second-order valence-electron chi connectivity index (χ2n) is 9.09. The standard InChI is InChI=1S/C32H28N2O3/c1-35-24-12-14-30-26(16-24)28(18-33-30)32(29-19-34-31-15-13-25(36-2)17-27(29)31)22-8-10-23(11-9-22)37-20-21-6-4-3-5-7-21/h3-19,32-34H,20H2,1-2H3. The zero-order valence-corrected chi connectivity index (χ0v) is 20.8. The largest absolute Gasteiger partial charge is 0.497 e. The van der Waals surface area contributed by atoms with Crippen LogP contribution >= 0.6 is 0 Å². The number of hydrogen-bond acceptors (Lipinski definition) is 3. The van der Waals surface area contributed by atoms with Gasteiger partial charge in [-0.2, -0.15) is 0 Å². The number of rotatable bonds is 8. The Morgan fingerprint density at radius 2 is 1.16 bits per heavy atom. The second-order valence-corrected chi connectivity index (χ2v) is 9.09. The lowest BCUT2D eigenvalue weighted by Gasteiger charge is -2.18. The van der Waals surface area contributed by atoms with Gasteiger partial charge < -0.3 is 24.2 Å². The highest BCUT2D eigenvalue weighted by atomic mass is 16.5. The summed E-state index contributed by atoms with van der Waals surface area (Å²) < 4.78 is 17.2. The molecule has 2 aromatic heterocycles. The molecule has 2 heterocycles. The average molecular weight is 489 g/mol. The van der Waals surface area contributed by atoms with Crippen molar-refractivity contribution in [1.82, 2.24) is 9.97 Å². The summed E-state index contributed by atoms with van der Waals surface area (Å²) in [6.45, 7) is 0.536. The summed E-state index contributed by atoms with van der Waals surface area (Å²) in [5.74, 6) is 2.48. The van der Waals surface area contributed by atoms with Crippen LogP contribution in [0.25, 0.3) is 21.8 Å². The highest BCUT2D eigenvalue weighted by Crippen LogP contribution is 2.41. The minimum Gasteiger partial charge on any atom is -0.497 e. The molecule has 5 nitrogen and oxygen atoms in total. The maximum absolute atomic E-state index is 6.06. The summed E-state index contributed by atoms with van der Waals surface area (Å²) in [5, 5.41) is 2.26. The van der Waals surface area contributed by atoms with E-state index in [-0.39, 0.29) is 5.92 Å². The molecule has 0 fully saturated rings. The van der Waals surface area contributed by atoms with E-state index in [0.29, 0.717) is 6.61 Å². The first kappa shape index (κ1) is 22.8. The Hall–Kier alpha value is -4.64. The summed E-state index contributed by atoms with van der Waals surface area (Å²) >= 11 is 0. The van der Waals surface area contributed by atoms with Crippen molar-refractivity contribution in [2.45, 2.75) is 12.5 Å². The van der Waals surface area contributed by atoms with Gasteiger partial charge in [-0.15, -0.1) is 0 Å². The van der Waals surface area contributed by atoms with Gasteiger partial charge in [0, 0.05) is 40.1 Å². The number of nitrogens with one attached hydrogen (secondary N) is 2. The van der Waals surface area contributed by atoms with Crippen LogP contribution in [0.5, 0.6) is 17.2 Å². The summed E-state index contributed by atoms with van der Waals surface area (Å²) in [5.41, 5.74) is 6.80. The average Bonchev–Trinajstić information content (AvgIpc) is 3.57. The molecular weight excluding hydrogens is 460 g/mol. The van der Waals surface area contributed by atoms with E-state index in [9.17, 15) is 0 Å². The van der Waals surface area contributed by atoms with Crippen molar-refractivity contribution in [3.63, 3.8) is 0 Å². The van der Waals surface area contributed by atoms with Gasteiger partial charge in [0.05, 0.1) is 14.2 Å². The van der Waals surface area contributed by atoms with Crippen LogP contribution in [0.3, 0.4) is 0 Å². The van der Waals surface area contributed by atoms with Crippen LogP contribution in [0.1, 0.15) is 28.2 Å². The minimum absolute atomic E-state index is 0.0233. The summed E-state index contributed by atoms with van der Waals surface area (Å²) in [7, 11) is 3.40. The number of fused-ring (bicyclic) bond motifs is 2. The van der Waals surface area contributed by atoms with Crippen LogP contribution in [0.15, 0.2) is 103 Å². The molecule has 0 unspecified atom stereocenters. The third-order valence-corrected chi connectivity index (χ3v) is 6.93. The Morgan fingerprint density at radius 1 is 0.622 bits per heavy atom. The van der Waals surface area contributed by atoms with E-state index >= 15 is 0 Å². The van der Waals surface area contributed by atoms with Crippen molar-refractivity contribution >= 4 is 21.8 Å². The number of H-pyrrole nitrogens is 2. The third kappa shape index (κ3) is 4.40. The topological polar surface area (TPSA) is 59.3 Å². The number of ether oxygens (including phenoxy) is 3. The number of aromatic amines is 2. The molecule has 0 radical (unpaired) electrons.